The van der Waals surface area contributed by atoms with Gasteiger partial charge in [-0.1, -0.05) is 0 Å². The van der Waals surface area contributed by atoms with Crippen molar-refractivity contribution in [3.8, 4) is 0 Å². The number of carbonyl (C=O) groups excluding carboxylic acids is 1. The average Bonchev–Trinajstić information content (AvgIpc) is 2.82. The summed E-state index contributed by atoms with van der Waals surface area (Å²) >= 11 is 0. The highest BCUT2D eigenvalue weighted by atomic mass is 16.5. The van der Waals surface area contributed by atoms with Gasteiger partial charge in [0, 0.05) is 30.4 Å². The Hall–Kier alpha value is -1.75. The first-order chi connectivity index (χ1) is 9.11. The van der Waals surface area contributed by atoms with E-state index in [4.69, 9.17) is 15.2 Å². The fourth-order valence-corrected chi connectivity index (χ4v) is 2.25. The molecule has 19 heavy (non-hydrogen) atoms. The van der Waals surface area contributed by atoms with Crippen LogP contribution in [0.2, 0.25) is 0 Å². The van der Waals surface area contributed by atoms with Crippen molar-refractivity contribution >= 4 is 17.3 Å². The molecule has 0 amide bonds. The summed E-state index contributed by atoms with van der Waals surface area (Å²) < 4.78 is 10.2. The van der Waals surface area contributed by atoms with Crippen molar-refractivity contribution in [1.29, 1.82) is 0 Å². The molecular formula is C14H20N2O3. The molecule has 2 unspecified atom stereocenters. The molecule has 0 aliphatic carbocycles. The van der Waals surface area contributed by atoms with E-state index in [1.165, 1.54) is 7.11 Å². The number of nitrogen functional groups attached to an aromatic ring is 1. The van der Waals surface area contributed by atoms with E-state index in [0.29, 0.717) is 17.2 Å². The first kappa shape index (κ1) is 13.7. The van der Waals surface area contributed by atoms with Gasteiger partial charge in [0.15, 0.2) is 0 Å². The summed E-state index contributed by atoms with van der Waals surface area (Å²) in [7, 11) is 1.35. The first-order valence-electron chi connectivity index (χ1n) is 6.45. The van der Waals surface area contributed by atoms with Crippen molar-refractivity contribution in [2.24, 2.45) is 5.92 Å². The quantitative estimate of drug-likeness (QED) is 0.641. The van der Waals surface area contributed by atoms with Crippen LogP contribution in [-0.2, 0) is 9.47 Å². The average molecular weight is 264 g/mol. The van der Waals surface area contributed by atoms with E-state index in [9.17, 15) is 4.79 Å². The van der Waals surface area contributed by atoms with Gasteiger partial charge in [0.2, 0.25) is 0 Å². The topological polar surface area (TPSA) is 73.6 Å². The van der Waals surface area contributed by atoms with Gasteiger partial charge < -0.3 is 20.5 Å². The molecule has 1 aromatic carbocycles. The summed E-state index contributed by atoms with van der Waals surface area (Å²) in [4.78, 5) is 11.5. The zero-order valence-corrected chi connectivity index (χ0v) is 11.3. The number of nitrogens with two attached hydrogens (primary N) is 1. The van der Waals surface area contributed by atoms with Gasteiger partial charge >= 0.3 is 5.97 Å². The van der Waals surface area contributed by atoms with Gasteiger partial charge in [-0.15, -0.1) is 0 Å². The van der Waals surface area contributed by atoms with Gasteiger partial charge in [0.05, 0.1) is 18.8 Å². The van der Waals surface area contributed by atoms with Gasteiger partial charge in [0.1, 0.15) is 0 Å². The van der Waals surface area contributed by atoms with Crippen LogP contribution >= 0.6 is 0 Å². The molecule has 0 bridgehead atoms. The van der Waals surface area contributed by atoms with Crippen molar-refractivity contribution in [3.63, 3.8) is 0 Å². The third-order valence-electron chi connectivity index (χ3n) is 3.56. The molecule has 0 radical (unpaired) electrons. The van der Waals surface area contributed by atoms with Crippen LogP contribution in [-0.4, -0.2) is 32.3 Å². The zero-order chi connectivity index (χ0) is 13.8. The molecule has 1 heterocycles. The number of benzene rings is 1. The minimum Gasteiger partial charge on any atom is -0.465 e. The highest BCUT2D eigenvalue weighted by Crippen LogP contribution is 2.23. The number of nitrogens with one attached hydrogen (secondary N) is 1. The summed E-state index contributed by atoms with van der Waals surface area (Å²) in [6.45, 7) is 3.73. The second-order valence-corrected chi connectivity index (χ2v) is 4.80. The number of methoxy groups -OCH3 is 1. The molecule has 1 saturated heterocycles. The maximum absolute atomic E-state index is 11.5. The lowest BCUT2D eigenvalue weighted by Crippen LogP contribution is -2.20. The molecule has 1 aliphatic rings. The molecule has 2 rings (SSSR count). The van der Waals surface area contributed by atoms with Crippen LogP contribution in [0.25, 0.3) is 0 Å². The molecule has 1 aliphatic heterocycles. The Balaban J connectivity index is 2.02. The Morgan fingerprint density at radius 3 is 3.00 bits per heavy atom. The van der Waals surface area contributed by atoms with Crippen LogP contribution in [0.15, 0.2) is 18.2 Å². The van der Waals surface area contributed by atoms with E-state index in [0.717, 1.165) is 25.3 Å². The molecule has 0 spiro atoms. The predicted octanol–water partition coefficient (Wildman–Crippen LogP) is 1.89. The van der Waals surface area contributed by atoms with Crippen molar-refractivity contribution in [3.05, 3.63) is 23.8 Å². The van der Waals surface area contributed by atoms with E-state index in [2.05, 4.69) is 12.2 Å². The van der Waals surface area contributed by atoms with Crippen molar-refractivity contribution < 1.29 is 14.3 Å². The molecule has 1 aromatic rings. The van der Waals surface area contributed by atoms with Crippen LogP contribution in [0.3, 0.4) is 0 Å². The fraction of sp³-hybridized carbons (Fsp3) is 0.500. The van der Waals surface area contributed by atoms with E-state index >= 15 is 0 Å². The summed E-state index contributed by atoms with van der Waals surface area (Å²) in [6.07, 6.45) is 1.34. The normalized spacial score (nSPS) is 22.2. The minimum absolute atomic E-state index is 0.279. The van der Waals surface area contributed by atoms with E-state index in [-0.39, 0.29) is 6.10 Å². The van der Waals surface area contributed by atoms with Crippen molar-refractivity contribution in [2.75, 3.05) is 31.3 Å². The molecule has 0 aromatic heterocycles. The SMILES string of the molecule is COC(=O)c1cc(NCC2CCOC2C)ccc1N. The molecule has 5 heteroatoms. The van der Waals surface area contributed by atoms with E-state index < -0.39 is 5.97 Å². The maximum Gasteiger partial charge on any atom is 0.340 e. The molecular weight excluding hydrogens is 244 g/mol. The van der Waals surface area contributed by atoms with Crippen LogP contribution in [0.4, 0.5) is 11.4 Å². The molecule has 104 valence electrons. The number of esters is 1. The van der Waals surface area contributed by atoms with Crippen LogP contribution < -0.4 is 11.1 Å². The monoisotopic (exact) mass is 264 g/mol. The Morgan fingerprint density at radius 1 is 1.58 bits per heavy atom. The lowest BCUT2D eigenvalue weighted by molar-refractivity contribution is 0.0602. The summed E-state index contributed by atoms with van der Waals surface area (Å²) in [6, 6.07) is 5.30. The smallest absolute Gasteiger partial charge is 0.340 e. The molecule has 1 fully saturated rings. The van der Waals surface area contributed by atoms with Gasteiger partial charge in [-0.2, -0.15) is 0 Å². The zero-order valence-electron chi connectivity index (χ0n) is 11.3. The van der Waals surface area contributed by atoms with Gasteiger partial charge in [-0.05, 0) is 31.5 Å². The van der Waals surface area contributed by atoms with Crippen molar-refractivity contribution in [2.45, 2.75) is 19.4 Å². The van der Waals surface area contributed by atoms with Gasteiger partial charge in [-0.3, -0.25) is 0 Å². The molecule has 2 atom stereocenters. The number of ether oxygens (including phenoxy) is 2. The summed E-state index contributed by atoms with van der Waals surface area (Å²) in [5, 5.41) is 3.32. The Labute approximate surface area is 113 Å². The van der Waals surface area contributed by atoms with Crippen molar-refractivity contribution in [1.82, 2.24) is 0 Å². The Kier molecular flexibility index (Phi) is 4.27. The number of hydrogen-bond acceptors (Lipinski definition) is 5. The maximum atomic E-state index is 11.5. The second-order valence-electron chi connectivity index (χ2n) is 4.80. The second kappa shape index (κ2) is 5.93. The number of hydrogen-bond donors (Lipinski definition) is 2. The third kappa shape index (κ3) is 3.17. The Morgan fingerprint density at radius 2 is 2.37 bits per heavy atom. The largest absolute Gasteiger partial charge is 0.465 e. The molecule has 5 nitrogen and oxygen atoms in total. The molecule has 3 N–H and O–H groups in total. The standard InChI is InChI=1S/C14H20N2O3/c1-9-10(5-6-19-9)8-16-11-3-4-13(15)12(7-11)14(17)18-2/h3-4,7,9-10,16H,5-6,8,15H2,1-2H3. The van der Waals surface area contributed by atoms with Crippen LogP contribution in [0.5, 0.6) is 0 Å². The number of anilines is 2. The highest BCUT2D eigenvalue weighted by Gasteiger charge is 2.23. The van der Waals surface area contributed by atoms with Crippen LogP contribution in [0.1, 0.15) is 23.7 Å². The van der Waals surface area contributed by atoms with E-state index in [1.54, 1.807) is 12.1 Å². The summed E-state index contributed by atoms with van der Waals surface area (Å²) in [5.41, 5.74) is 7.44. The predicted molar refractivity (Wildman–Crippen MR) is 74.2 cm³/mol. The first-order valence-corrected chi connectivity index (χ1v) is 6.45. The fourth-order valence-electron chi connectivity index (χ4n) is 2.25. The third-order valence-corrected chi connectivity index (χ3v) is 3.56. The minimum atomic E-state index is -0.418. The molecule has 0 saturated carbocycles. The number of carbonyl (C=O) groups is 1. The Bertz CT molecular complexity index is 462. The summed E-state index contributed by atoms with van der Waals surface area (Å²) in [5.74, 6) is 0.0813. The van der Waals surface area contributed by atoms with Gasteiger partial charge in [0.25, 0.3) is 0 Å². The number of rotatable bonds is 4. The van der Waals surface area contributed by atoms with Crippen LogP contribution in [0, 0.1) is 5.92 Å². The highest BCUT2D eigenvalue weighted by molar-refractivity contribution is 5.96. The van der Waals surface area contributed by atoms with Gasteiger partial charge in [-0.25, -0.2) is 4.79 Å². The lowest BCUT2D eigenvalue weighted by Gasteiger charge is -2.16. The lowest BCUT2D eigenvalue weighted by atomic mass is 10.0. The van der Waals surface area contributed by atoms with E-state index in [1.807, 2.05) is 6.07 Å².